The smallest absolute Gasteiger partial charge is 0.251 e. The molecule has 10 heteroatoms. The number of carbonyl (C=O) groups is 2. The molecule has 32 heavy (non-hydrogen) atoms. The fraction of sp³-hybridized carbons (Fsp3) is 0.364. The van der Waals surface area contributed by atoms with Crippen LogP contribution in [0.1, 0.15) is 48.6 Å². The number of thioether (sulfide) groups is 1. The number of nitrogens with one attached hydrogen (secondary N) is 2. The van der Waals surface area contributed by atoms with Gasteiger partial charge in [0.25, 0.3) is 5.91 Å². The van der Waals surface area contributed by atoms with Gasteiger partial charge < -0.3 is 9.88 Å². The minimum atomic E-state index is -0.322. The predicted octanol–water partition coefficient (Wildman–Crippen LogP) is 3.25. The monoisotopic (exact) mass is 453 g/mol. The van der Waals surface area contributed by atoms with Gasteiger partial charge >= 0.3 is 0 Å². The Morgan fingerprint density at radius 1 is 1.09 bits per heavy atom. The van der Waals surface area contributed by atoms with E-state index in [0.717, 1.165) is 5.56 Å². The van der Waals surface area contributed by atoms with Crippen LogP contribution in [0, 0.1) is 12.8 Å². The predicted molar refractivity (Wildman–Crippen MR) is 123 cm³/mol. The molecule has 2 heterocycles. The van der Waals surface area contributed by atoms with Crippen molar-refractivity contribution in [2.75, 3.05) is 11.1 Å². The average Bonchev–Trinajstić information content (AvgIpc) is 3.19. The van der Waals surface area contributed by atoms with Gasteiger partial charge in [-0.25, -0.2) is 9.97 Å². The first-order valence-electron chi connectivity index (χ1n) is 10.4. The summed E-state index contributed by atoms with van der Waals surface area (Å²) in [6.07, 6.45) is 3.12. The number of rotatable bonds is 9. The molecule has 3 rings (SSSR count). The van der Waals surface area contributed by atoms with Gasteiger partial charge in [0, 0.05) is 24.5 Å². The number of nitrogens with zero attached hydrogens (tertiary/aromatic N) is 5. The highest BCUT2D eigenvalue weighted by Gasteiger charge is 2.26. The Kier molecular flexibility index (Phi) is 7.93. The Hall–Kier alpha value is -3.27. The molecule has 0 radical (unpaired) electrons. The van der Waals surface area contributed by atoms with E-state index in [1.807, 2.05) is 56.5 Å². The molecule has 0 spiro atoms. The molecule has 1 aromatic carbocycles. The maximum atomic E-state index is 12.8. The van der Waals surface area contributed by atoms with Crippen molar-refractivity contribution in [3.05, 3.63) is 59.7 Å². The van der Waals surface area contributed by atoms with Gasteiger partial charge in [-0.2, -0.15) is 0 Å². The van der Waals surface area contributed by atoms with Gasteiger partial charge in [0.15, 0.2) is 11.0 Å². The van der Waals surface area contributed by atoms with Gasteiger partial charge in [-0.15, -0.1) is 10.2 Å². The van der Waals surface area contributed by atoms with E-state index in [2.05, 4.69) is 30.8 Å². The second-order valence-electron chi connectivity index (χ2n) is 7.56. The van der Waals surface area contributed by atoms with Crippen LogP contribution in [0.4, 0.5) is 5.95 Å². The molecule has 0 saturated heterocycles. The number of anilines is 1. The van der Waals surface area contributed by atoms with Crippen molar-refractivity contribution in [2.24, 2.45) is 5.92 Å². The molecule has 168 valence electrons. The normalized spacial score (nSPS) is 11.9. The van der Waals surface area contributed by atoms with Crippen molar-refractivity contribution in [3.63, 3.8) is 0 Å². The van der Waals surface area contributed by atoms with Crippen molar-refractivity contribution >= 4 is 29.5 Å². The molecule has 0 aliphatic rings. The SMILES string of the molecule is CCn1c(SCC(=O)Nc2ncccn2)nnc1[C@@H](NC(=O)c1ccc(C)cc1)C(C)C. The van der Waals surface area contributed by atoms with Crippen molar-refractivity contribution in [3.8, 4) is 0 Å². The lowest BCUT2D eigenvalue weighted by molar-refractivity contribution is -0.113. The van der Waals surface area contributed by atoms with Crippen LogP contribution in [0.3, 0.4) is 0 Å². The zero-order chi connectivity index (χ0) is 23.1. The van der Waals surface area contributed by atoms with E-state index in [1.165, 1.54) is 11.8 Å². The van der Waals surface area contributed by atoms with Gasteiger partial charge in [-0.1, -0.05) is 43.3 Å². The summed E-state index contributed by atoms with van der Waals surface area (Å²) < 4.78 is 1.93. The molecule has 1 atom stereocenters. The zero-order valence-electron chi connectivity index (χ0n) is 18.6. The number of hydrogen-bond donors (Lipinski definition) is 2. The summed E-state index contributed by atoms with van der Waals surface area (Å²) in [7, 11) is 0. The second kappa shape index (κ2) is 10.9. The summed E-state index contributed by atoms with van der Waals surface area (Å²) in [5, 5.41) is 15.0. The summed E-state index contributed by atoms with van der Waals surface area (Å²) >= 11 is 1.27. The van der Waals surface area contributed by atoms with Crippen LogP contribution in [0.15, 0.2) is 47.9 Å². The first-order valence-corrected chi connectivity index (χ1v) is 11.4. The first-order chi connectivity index (χ1) is 15.4. The van der Waals surface area contributed by atoms with Gasteiger partial charge in [0.2, 0.25) is 11.9 Å². The van der Waals surface area contributed by atoms with Gasteiger partial charge in [0.05, 0.1) is 11.8 Å². The second-order valence-corrected chi connectivity index (χ2v) is 8.50. The Morgan fingerprint density at radius 3 is 2.41 bits per heavy atom. The quantitative estimate of drug-likeness (QED) is 0.478. The van der Waals surface area contributed by atoms with Crippen LogP contribution < -0.4 is 10.6 Å². The number of amides is 2. The molecule has 0 saturated carbocycles. The van der Waals surface area contributed by atoms with Crippen molar-refractivity contribution < 1.29 is 9.59 Å². The third-order valence-electron chi connectivity index (χ3n) is 4.76. The molecule has 2 aromatic heterocycles. The van der Waals surface area contributed by atoms with E-state index in [0.29, 0.717) is 23.1 Å². The summed E-state index contributed by atoms with van der Waals surface area (Å²) in [4.78, 5) is 33.0. The zero-order valence-corrected chi connectivity index (χ0v) is 19.4. The first kappa shape index (κ1) is 23.4. The number of hydrogen-bond acceptors (Lipinski definition) is 7. The minimum absolute atomic E-state index is 0.0928. The Balaban J connectivity index is 1.71. The van der Waals surface area contributed by atoms with Crippen molar-refractivity contribution in [1.29, 1.82) is 0 Å². The minimum Gasteiger partial charge on any atom is -0.342 e. The maximum Gasteiger partial charge on any atom is 0.251 e. The van der Waals surface area contributed by atoms with Crippen LogP contribution >= 0.6 is 11.8 Å². The van der Waals surface area contributed by atoms with E-state index in [9.17, 15) is 9.59 Å². The van der Waals surface area contributed by atoms with Crippen LogP contribution in [-0.4, -0.2) is 42.3 Å². The molecule has 9 nitrogen and oxygen atoms in total. The lowest BCUT2D eigenvalue weighted by Crippen LogP contribution is -2.33. The van der Waals surface area contributed by atoms with E-state index >= 15 is 0 Å². The molecular formula is C22H27N7O2S. The highest BCUT2D eigenvalue weighted by molar-refractivity contribution is 7.99. The van der Waals surface area contributed by atoms with Crippen molar-refractivity contribution in [2.45, 2.75) is 45.4 Å². The highest BCUT2D eigenvalue weighted by atomic mass is 32.2. The molecule has 2 amide bonds. The standard InChI is InChI=1S/C22H27N7O2S/c1-5-29-19(18(14(2)3)26-20(31)16-9-7-15(4)8-10-16)27-28-22(29)32-13-17(30)25-21-23-11-6-12-24-21/h6-12,14,18H,5,13H2,1-4H3,(H,26,31)(H,23,24,25,30)/t18-/m0/s1. The van der Waals surface area contributed by atoms with Crippen LogP contribution in [0.5, 0.6) is 0 Å². The van der Waals surface area contributed by atoms with Crippen molar-refractivity contribution in [1.82, 2.24) is 30.0 Å². The summed E-state index contributed by atoms with van der Waals surface area (Å²) in [6, 6.07) is 8.80. The molecule has 0 fully saturated rings. The van der Waals surface area contributed by atoms with Gasteiger partial charge in [-0.3, -0.25) is 14.9 Å². The Bertz CT molecular complexity index is 1050. The molecule has 2 N–H and O–H groups in total. The molecule has 0 aliphatic carbocycles. The van der Waals surface area contributed by atoms with Crippen LogP contribution in [0.25, 0.3) is 0 Å². The molecule has 0 unspecified atom stereocenters. The number of benzene rings is 1. The lowest BCUT2D eigenvalue weighted by atomic mass is 10.0. The topological polar surface area (TPSA) is 115 Å². The average molecular weight is 454 g/mol. The fourth-order valence-electron chi connectivity index (χ4n) is 3.05. The Morgan fingerprint density at radius 2 is 1.78 bits per heavy atom. The third kappa shape index (κ3) is 5.91. The molecule has 0 aliphatic heterocycles. The van der Waals surface area contributed by atoms with E-state index in [4.69, 9.17) is 0 Å². The number of carbonyl (C=O) groups excluding carboxylic acids is 2. The van der Waals surface area contributed by atoms with Crippen LogP contribution in [-0.2, 0) is 11.3 Å². The maximum absolute atomic E-state index is 12.8. The molecule has 3 aromatic rings. The van der Waals surface area contributed by atoms with E-state index < -0.39 is 0 Å². The van der Waals surface area contributed by atoms with Crippen LogP contribution in [0.2, 0.25) is 0 Å². The fourth-order valence-corrected chi connectivity index (χ4v) is 3.86. The van der Waals surface area contributed by atoms with Gasteiger partial charge in [-0.05, 0) is 38.0 Å². The summed E-state index contributed by atoms with van der Waals surface area (Å²) in [5.41, 5.74) is 1.69. The number of aromatic nitrogens is 5. The third-order valence-corrected chi connectivity index (χ3v) is 5.72. The largest absolute Gasteiger partial charge is 0.342 e. The van der Waals surface area contributed by atoms with E-state index in [-0.39, 0.29) is 35.5 Å². The molecular weight excluding hydrogens is 426 g/mol. The summed E-state index contributed by atoms with van der Waals surface area (Å²) in [6.45, 7) is 8.62. The number of aryl methyl sites for hydroxylation is 1. The Labute approximate surface area is 191 Å². The van der Waals surface area contributed by atoms with E-state index in [1.54, 1.807) is 18.5 Å². The molecule has 0 bridgehead atoms. The summed E-state index contributed by atoms with van der Waals surface area (Å²) in [5.74, 6) is 0.757. The van der Waals surface area contributed by atoms with Gasteiger partial charge in [0.1, 0.15) is 0 Å². The highest BCUT2D eigenvalue weighted by Crippen LogP contribution is 2.25. The lowest BCUT2D eigenvalue weighted by Gasteiger charge is -2.22.